The van der Waals surface area contributed by atoms with E-state index >= 15 is 0 Å². The first kappa shape index (κ1) is 17.5. The lowest BCUT2D eigenvalue weighted by Crippen LogP contribution is -2.40. The van der Waals surface area contributed by atoms with Crippen molar-refractivity contribution in [2.24, 2.45) is 7.05 Å². The standard InChI is InChI=1S/C18H23N3O4S/c1-12-7-13-8-15(3-4-17(13)25-12)26(22,23)20-14-5-6-24-18(9-14)16-10-19-11-21(16)2/h3-4,8,10-12,14,18,20H,5-7,9H2,1-2H3/t12-,14-,18+/m1/s1. The maximum Gasteiger partial charge on any atom is 0.240 e. The number of hydrogen-bond acceptors (Lipinski definition) is 5. The summed E-state index contributed by atoms with van der Waals surface area (Å²) in [5.74, 6) is 0.777. The third kappa shape index (κ3) is 3.36. The van der Waals surface area contributed by atoms with E-state index in [0.717, 1.165) is 23.4 Å². The Kier molecular flexibility index (Phi) is 4.50. The summed E-state index contributed by atoms with van der Waals surface area (Å²) in [6, 6.07) is 4.91. The molecular formula is C18H23N3O4S. The Balaban J connectivity index is 1.49. The van der Waals surface area contributed by atoms with E-state index in [0.29, 0.717) is 19.4 Å². The molecule has 0 unspecified atom stereocenters. The van der Waals surface area contributed by atoms with Crippen molar-refractivity contribution in [1.29, 1.82) is 0 Å². The summed E-state index contributed by atoms with van der Waals surface area (Å²) in [6.07, 6.45) is 5.40. The number of fused-ring (bicyclic) bond motifs is 1. The zero-order valence-corrected chi connectivity index (χ0v) is 15.7. The van der Waals surface area contributed by atoms with Crippen molar-refractivity contribution in [1.82, 2.24) is 14.3 Å². The van der Waals surface area contributed by atoms with Crippen LogP contribution in [0.2, 0.25) is 0 Å². The summed E-state index contributed by atoms with van der Waals surface area (Å²) < 4.78 is 41.9. The number of aromatic nitrogens is 2. The number of imidazole rings is 1. The molecule has 2 aliphatic rings. The van der Waals surface area contributed by atoms with E-state index in [9.17, 15) is 8.42 Å². The maximum atomic E-state index is 12.8. The number of rotatable bonds is 4. The fourth-order valence-corrected chi connectivity index (χ4v) is 4.97. The quantitative estimate of drug-likeness (QED) is 0.881. The van der Waals surface area contributed by atoms with Crippen molar-refractivity contribution in [2.75, 3.05) is 6.61 Å². The first-order valence-corrected chi connectivity index (χ1v) is 10.3. The van der Waals surface area contributed by atoms with Gasteiger partial charge >= 0.3 is 0 Å². The highest BCUT2D eigenvalue weighted by Gasteiger charge is 2.30. The van der Waals surface area contributed by atoms with Gasteiger partial charge in [0.1, 0.15) is 18.0 Å². The van der Waals surface area contributed by atoms with Crippen molar-refractivity contribution < 1.29 is 17.9 Å². The average molecular weight is 377 g/mol. The number of nitrogens with one attached hydrogen (secondary N) is 1. The Labute approximate surface area is 153 Å². The lowest BCUT2D eigenvalue weighted by Gasteiger charge is -2.30. The molecule has 3 atom stereocenters. The molecule has 26 heavy (non-hydrogen) atoms. The highest BCUT2D eigenvalue weighted by Crippen LogP contribution is 2.32. The molecule has 0 radical (unpaired) electrons. The zero-order chi connectivity index (χ0) is 18.3. The molecule has 0 aliphatic carbocycles. The van der Waals surface area contributed by atoms with Gasteiger partial charge in [0.15, 0.2) is 0 Å². The van der Waals surface area contributed by atoms with Gasteiger partial charge in [-0.05, 0) is 43.5 Å². The largest absolute Gasteiger partial charge is 0.490 e. The molecular weight excluding hydrogens is 354 g/mol. The minimum Gasteiger partial charge on any atom is -0.490 e. The van der Waals surface area contributed by atoms with Gasteiger partial charge < -0.3 is 14.0 Å². The molecule has 3 heterocycles. The smallest absolute Gasteiger partial charge is 0.240 e. The van der Waals surface area contributed by atoms with Crippen LogP contribution in [0.4, 0.5) is 0 Å². The van der Waals surface area contributed by atoms with Crippen molar-refractivity contribution >= 4 is 10.0 Å². The van der Waals surface area contributed by atoms with E-state index in [1.807, 2.05) is 18.5 Å². The molecule has 0 amide bonds. The topological polar surface area (TPSA) is 82.5 Å². The molecule has 1 saturated heterocycles. The van der Waals surface area contributed by atoms with Crippen molar-refractivity contribution in [3.05, 3.63) is 42.0 Å². The summed E-state index contributed by atoms with van der Waals surface area (Å²) in [5.41, 5.74) is 1.90. The second-order valence-corrected chi connectivity index (χ2v) is 8.75. The molecule has 0 spiro atoms. The van der Waals surface area contributed by atoms with Crippen LogP contribution in [0.25, 0.3) is 0 Å². The molecule has 1 fully saturated rings. The lowest BCUT2D eigenvalue weighted by molar-refractivity contribution is -0.0000446. The number of ether oxygens (including phenoxy) is 2. The van der Waals surface area contributed by atoms with E-state index in [1.54, 1.807) is 30.7 Å². The Morgan fingerprint density at radius 1 is 1.35 bits per heavy atom. The molecule has 8 heteroatoms. The highest BCUT2D eigenvalue weighted by atomic mass is 32.2. The van der Waals surface area contributed by atoms with Gasteiger partial charge in [0.2, 0.25) is 10.0 Å². The molecule has 1 aromatic heterocycles. The van der Waals surface area contributed by atoms with Crippen molar-refractivity contribution in [3.63, 3.8) is 0 Å². The molecule has 1 N–H and O–H groups in total. The van der Waals surface area contributed by atoms with Crippen LogP contribution in [0.1, 0.15) is 37.1 Å². The summed E-state index contributed by atoms with van der Waals surface area (Å²) in [5, 5.41) is 0. The summed E-state index contributed by atoms with van der Waals surface area (Å²) in [4.78, 5) is 4.41. The van der Waals surface area contributed by atoms with Gasteiger partial charge in [0.25, 0.3) is 0 Å². The van der Waals surface area contributed by atoms with Gasteiger partial charge in [-0.2, -0.15) is 0 Å². The third-order valence-corrected chi connectivity index (χ3v) is 6.49. The highest BCUT2D eigenvalue weighted by molar-refractivity contribution is 7.89. The van der Waals surface area contributed by atoms with Crippen LogP contribution in [0.5, 0.6) is 5.75 Å². The Hall–Kier alpha value is -1.90. The number of aryl methyl sites for hydroxylation is 1. The van der Waals surface area contributed by atoms with Gasteiger partial charge in [0.05, 0.1) is 23.1 Å². The minimum absolute atomic E-state index is 0.0889. The molecule has 140 valence electrons. The fourth-order valence-electron chi connectivity index (χ4n) is 3.64. The predicted octanol–water partition coefficient (Wildman–Crippen LogP) is 1.94. The zero-order valence-electron chi connectivity index (χ0n) is 14.9. The third-order valence-electron chi connectivity index (χ3n) is 4.97. The second-order valence-electron chi connectivity index (χ2n) is 7.03. The predicted molar refractivity (Wildman–Crippen MR) is 95.5 cm³/mol. The Bertz CT molecular complexity index is 909. The van der Waals surface area contributed by atoms with Crippen LogP contribution in [0.3, 0.4) is 0 Å². The van der Waals surface area contributed by atoms with E-state index < -0.39 is 10.0 Å². The molecule has 0 saturated carbocycles. The van der Waals surface area contributed by atoms with E-state index in [-0.39, 0.29) is 23.1 Å². The van der Waals surface area contributed by atoms with Gasteiger partial charge in [-0.3, -0.25) is 0 Å². The second kappa shape index (κ2) is 6.68. The molecule has 4 rings (SSSR count). The van der Waals surface area contributed by atoms with Crippen LogP contribution >= 0.6 is 0 Å². The van der Waals surface area contributed by atoms with E-state index in [2.05, 4.69) is 9.71 Å². The monoisotopic (exact) mass is 377 g/mol. The minimum atomic E-state index is -3.58. The van der Waals surface area contributed by atoms with Gasteiger partial charge in [-0.1, -0.05) is 0 Å². The average Bonchev–Trinajstić information content (AvgIpc) is 3.18. The molecule has 0 bridgehead atoms. The number of benzene rings is 1. The Morgan fingerprint density at radius 2 is 2.19 bits per heavy atom. The lowest BCUT2D eigenvalue weighted by atomic mass is 10.0. The van der Waals surface area contributed by atoms with Crippen molar-refractivity contribution in [2.45, 2.75) is 49.3 Å². The van der Waals surface area contributed by atoms with Gasteiger partial charge in [0, 0.05) is 26.1 Å². The summed E-state index contributed by atoms with van der Waals surface area (Å²) >= 11 is 0. The van der Waals surface area contributed by atoms with Crippen LogP contribution in [0, 0.1) is 0 Å². The van der Waals surface area contributed by atoms with E-state index in [1.165, 1.54) is 0 Å². The van der Waals surface area contributed by atoms with Crippen LogP contribution < -0.4 is 9.46 Å². The molecule has 2 aromatic rings. The fraction of sp³-hybridized carbons (Fsp3) is 0.500. The summed E-state index contributed by atoms with van der Waals surface area (Å²) in [7, 11) is -1.68. The maximum absolute atomic E-state index is 12.8. The first-order chi connectivity index (χ1) is 12.4. The summed E-state index contributed by atoms with van der Waals surface area (Å²) in [6.45, 7) is 2.49. The van der Waals surface area contributed by atoms with Crippen molar-refractivity contribution in [3.8, 4) is 5.75 Å². The van der Waals surface area contributed by atoms with Crippen LogP contribution in [-0.4, -0.2) is 36.7 Å². The molecule has 2 aliphatic heterocycles. The number of hydrogen-bond donors (Lipinski definition) is 1. The van der Waals surface area contributed by atoms with Crippen LogP contribution in [-0.2, 0) is 28.2 Å². The van der Waals surface area contributed by atoms with Crippen LogP contribution in [0.15, 0.2) is 35.6 Å². The first-order valence-electron chi connectivity index (χ1n) is 8.82. The van der Waals surface area contributed by atoms with Gasteiger partial charge in [-0.15, -0.1) is 0 Å². The van der Waals surface area contributed by atoms with E-state index in [4.69, 9.17) is 9.47 Å². The van der Waals surface area contributed by atoms with Gasteiger partial charge in [-0.25, -0.2) is 18.1 Å². The Morgan fingerprint density at radius 3 is 2.96 bits per heavy atom. The number of sulfonamides is 1. The molecule has 7 nitrogen and oxygen atoms in total. The normalized spacial score (nSPS) is 25.7. The molecule has 1 aromatic carbocycles. The number of nitrogens with zero attached hydrogens (tertiary/aromatic N) is 2. The SMILES string of the molecule is C[C@@H]1Cc2cc(S(=O)(=O)N[C@@H]3CCO[C@H](c4cncn4C)C3)ccc2O1.